The third-order valence-corrected chi connectivity index (χ3v) is 6.01. The van der Waals surface area contributed by atoms with Crippen LogP contribution in [0.5, 0.6) is 0 Å². The number of rotatable bonds is 4. The lowest BCUT2D eigenvalue weighted by molar-refractivity contribution is -0.895. The number of piperazine rings is 1. The van der Waals surface area contributed by atoms with Gasteiger partial charge >= 0.3 is 12.2 Å². The largest absolute Gasteiger partial charge is 0.416 e. The number of sulfonamides is 1. The highest BCUT2D eigenvalue weighted by atomic mass is 32.2. The molecule has 27 heavy (non-hydrogen) atoms. The summed E-state index contributed by atoms with van der Waals surface area (Å²) in [6.07, 6.45) is -4.63. The van der Waals surface area contributed by atoms with E-state index in [1.54, 1.807) is 0 Å². The van der Waals surface area contributed by atoms with Gasteiger partial charge in [0.05, 0.1) is 36.6 Å². The van der Waals surface area contributed by atoms with Crippen LogP contribution in [-0.2, 0) is 21.0 Å². The fourth-order valence-corrected chi connectivity index (χ4v) is 4.15. The van der Waals surface area contributed by atoms with Crippen LogP contribution in [0.3, 0.4) is 0 Å². The molecule has 12 heteroatoms. The summed E-state index contributed by atoms with van der Waals surface area (Å²) < 4.78 is 64.7. The van der Waals surface area contributed by atoms with Gasteiger partial charge in [0.1, 0.15) is 0 Å². The van der Waals surface area contributed by atoms with Crippen molar-refractivity contribution in [2.45, 2.75) is 11.1 Å². The summed E-state index contributed by atoms with van der Waals surface area (Å²) in [5.41, 5.74) is -1.03. The Balaban J connectivity index is 2.01. The SMILES string of the molecule is CNC(=O)NC(=O)C[NH+]1CCN(S(=O)(=O)c2cccc(C(F)(F)F)c2)CC1. The molecule has 1 heterocycles. The molecule has 2 rings (SSSR count). The number of nitrogens with one attached hydrogen (secondary N) is 3. The zero-order chi connectivity index (χ0) is 20.2. The molecule has 0 radical (unpaired) electrons. The van der Waals surface area contributed by atoms with Crippen molar-refractivity contribution in [2.75, 3.05) is 39.8 Å². The molecule has 0 atom stereocenters. The lowest BCUT2D eigenvalue weighted by atomic mass is 10.2. The molecule has 8 nitrogen and oxygen atoms in total. The van der Waals surface area contributed by atoms with Crippen LogP contribution in [0.4, 0.5) is 18.0 Å². The first-order chi connectivity index (χ1) is 12.5. The van der Waals surface area contributed by atoms with Gasteiger partial charge in [-0.1, -0.05) is 6.07 Å². The Morgan fingerprint density at radius 3 is 2.41 bits per heavy atom. The molecule has 1 aliphatic heterocycles. The minimum Gasteiger partial charge on any atom is -0.341 e. The van der Waals surface area contributed by atoms with Crippen LogP contribution in [0.2, 0.25) is 0 Å². The topological polar surface area (TPSA) is 100 Å². The fraction of sp³-hybridized carbons (Fsp3) is 0.467. The maximum absolute atomic E-state index is 12.8. The minimum absolute atomic E-state index is 0.00906. The van der Waals surface area contributed by atoms with Gasteiger partial charge in [0.25, 0.3) is 5.91 Å². The lowest BCUT2D eigenvalue weighted by Gasteiger charge is -2.31. The smallest absolute Gasteiger partial charge is 0.341 e. The second-order valence-electron chi connectivity index (χ2n) is 5.98. The Bertz CT molecular complexity index is 806. The average Bonchev–Trinajstić information content (AvgIpc) is 2.61. The van der Waals surface area contributed by atoms with E-state index in [-0.39, 0.29) is 19.6 Å². The van der Waals surface area contributed by atoms with Gasteiger partial charge in [0.15, 0.2) is 6.54 Å². The molecule has 1 aromatic rings. The summed E-state index contributed by atoms with van der Waals surface area (Å²) in [4.78, 5) is 23.1. The molecular formula is C15H20F3N4O4S+. The zero-order valence-electron chi connectivity index (χ0n) is 14.5. The van der Waals surface area contributed by atoms with Crippen LogP contribution in [0.15, 0.2) is 29.2 Å². The number of carbonyl (C=O) groups excluding carboxylic acids is 2. The van der Waals surface area contributed by atoms with Gasteiger partial charge in [0.2, 0.25) is 10.0 Å². The fourth-order valence-electron chi connectivity index (χ4n) is 2.66. The van der Waals surface area contributed by atoms with Crippen LogP contribution in [0.1, 0.15) is 5.56 Å². The summed E-state index contributed by atoms with van der Waals surface area (Å²) in [7, 11) is -2.70. The van der Waals surface area contributed by atoms with E-state index in [4.69, 9.17) is 0 Å². The van der Waals surface area contributed by atoms with Gasteiger partial charge in [-0.2, -0.15) is 17.5 Å². The van der Waals surface area contributed by atoms with E-state index in [9.17, 15) is 31.2 Å². The summed E-state index contributed by atoms with van der Waals surface area (Å²) in [5, 5.41) is 4.36. The van der Waals surface area contributed by atoms with E-state index < -0.39 is 38.6 Å². The molecule has 3 N–H and O–H groups in total. The van der Waals surface area contributed by atoms with E-state index >= 15 is 0 Å². The van der Waals surface area contributed by atoms with Gasteiger partial charge in [-0.3, -0.25) is 10.1 Å². The van der Waals surface area contributed by atoms with Crippen molar-refractivity contribution < 1.29 is 36.1 Å². The molecular weight excluding hydrogens is 389 g/mol. The van der Waals surface area contributed by atoms with Gasteiger partial charge in [-0.15, -0.1) is 0 Å². The number of carbonyl (C=O) groups is 2. The van der Waals surface area contributed by atoms with Gasteiger partial charge < -0.3 is 10.2 Å². The Hall–Kier alpha value is -2.18. The average molecular weight is 409 g/mol. The number of halogens is 3. The van der Waals surface area contributed by atoms with Crippen molar-refractivity contribution in [3.05, 3.63) is 29.8 Å². The number of benzene rings is 1. The first kappa shape index (κ1) is 21.1. The minimum atomic E-state index is -4.63. The number of urea groups is 1. The number of amides is 3. The molecule has 3 amide bonds. The molecule has 0 aromatic heterocycles. The predicted octanol–water partition coefficient (Wildman–Crippen LogP) is -0.950. The van der Waals surface area contributed by atoms with Crippen LogP contribution < -0.4 is 15.5 Å². The Kier molecular flexibility index (Phi) is 6.44. The van der Waals surface area contributed by atoms with E-state index in [1.165, 1.54) is 7.05 Å². The number of alkyl halides is 3. The lowest BCUT2D eigenvalue weighted by Crippen LogP contribution is -3.15. The summed E-state index contributed by atoms with van der Waals surface area (Å²) in [6, 6.07) is 2.98. The second-order valence-corrected chi connectivity index (χ2v) is 7.92. The highest BCUT2D eigenvalue weighted by Crippen LogP contribution is 2.31. The number of hydrogen-bond donors (Lipinski definition) is 3. The highest BCUT2D eigenvalue weighted by Gasteiger charge is 2.35. The maximum Gasteiger partial charge on any atom is 0.416 e. The number of quaternary nitrogens is 1. The van der Waals surface area contributed by atoms with Crippen molar-refractivity contribution in [1.82, 2.24) is 14.9 Å². The van der Waals surface area contributed by atoms with E-state index in [0.717, 1.165) is 27.4 Å². The second kappa shape index (κ2) is 8.23. The number of imide groups is 1. The Morgan fingerprint density at radius 2 is 1.85 bits per heavy atom. The number of hydrogen-bond acceptors (Lipinski definition) is 4. The van der Waals surface area contributed by atoms with Crippen LogP contribution in [0, 0.1) is 0 Å². The van der Waals surface area contributed by atoms with E-state index in [0.29, 0.717) is 19.2 Å². The highest BCUT2D eigenvalue weighted by molar-refractivity contribution is 7.89. The normalized spacial score (nSPS) is 16.7. The van der Waals surface area contributed by atoms with Crippen LogP contribution in [0.25, 0.3) is 0 Å². The molecule has 1 fully saturated rings. The third-order valence-electron chi connectivity index (χ3n) is 4.12. The van der Waals surface area contributed by atoms with Crippen LogP contribution >= 0.6 is 0 Å². The number of nitrogens with zero attached hydrogens (tertiary/aromatic N) is 1. The molecule has 1 aliphatic rings. The van der Waals surface area contributed by atoms with Gasteiger partial charge in [-0.05, 0) is 18.2 Å². The Labute approximate surface area is 154 Å². The molecule has 1 saturated heterocycles. The zero-order valence-corrected chi connectivity index (χ0v) is 15.3. The summed E-state index contributed by atoms with van der Waals surface area (Å²) in [6.45, 7) is 0.686. The molecule has 0 saturated carbocycles. The molecule has 150 valence electrons. The first-order valence-electron chi connectivity index (χ1n) is 8.06. The van der Waals surface area contributed by atoms with Crippen LogP contribution in [-0.4, -0.2) is 64.4 Å². The van der Waals surface area contributed by atoms with Crippen molar-refractivity contribution >= 4 is 22.0 Å². The van der Waals surface area contributed by atoms with Gasteiger partial charge in [0, 0.05) is 7.05 Å². The summed E-state index contributed by atoms with van der Waals surface area (Å²) in [5.74, 6) is -0.501. The van der Waals surface area contributed by atoms with Gasteiger partial charge in [-0.25, -0.2) is 13.2 Å². The predicted molar refractivity (Wildman–Crippen MR) is 88.4 cm³/mol. The van der Waals surface area contributed by atoms with Crippen molar-refractivity contribution in [2.24, 2.45) is 0 Å². The Morgan fingerprint density at radius 1 is 1.22 bits per heavy atom. The van der Waals surface area contributed by atoms with Crippen molar-refractivity contribution in [1.29, 1.82) is 0 Å². The van der Waals surface area contributed by atoms with E-state index in [1.807, 2.05) is 0 Å². The molecule has 0 unspecified atom stereocenters. The molecule has 0 spiro atoms. The van der Waals surface area contributed by atoms with Crippen molar-refractivity contribution in [3.63, 3.8) is 0 Å². The summed E-state index contributed by atoms with van der Waals surface area (Å²) >= 11 is 0. The maximum atomic E-state index is 12.8. The molecule has 0 aliphatic carbocycles. The standard InChI is InChI=1S/C15H19F3N4O4S/c1-19-14(24)20-13(23)10-21-5-7-22(8-6-21)27(25,26)12-4-2-3-11(9-12)15(16,17)18/h2-4,9H,5-8,10H2,1H3,(H2,19,20,23,24)/p+1. The molecule has 0 bridgehead atoms. The monoisotopic (exact) mass is 409 g/mol. The quantitative estimate of drug-likeness (QED) is 0.597. The third kappa shape index (κ3) is 5.40. The van der Waals surface area contributed by atoms with Crippen molar-refractivity contribution in [3.8, 4) is 0 Å². The van der Waals surface area contributed by atoms with E-state index in [2.05, 4.69) is 10.6 Å². The molecule has 1 aromatic carbocycles. The first-order valence-corrected chi connectivity index (χ1v) is 9.50.